The highest BCUT2D eigenvalue weighted by Gasteiger charge is 2.04. The van der Waals surface area contributed by atoms with Gasteiger partial charge in [0.15, 0.2) is 0 Å². The van der Waals surface area contributed by atoms with E-state index in [0.29, 0.717) is 5.56 Å². The van der Waals surface area contributed by atoms with E-state index in [1.54, 1.807) is 12.1 Å². The Morgan fingerprint density at radius 1 is 1.10 bits per heavy atom. The number of aryl methyl sites for hydroxylation is 1. The van der Waals surface area contributed by atoms with Crippen molar-refractivity contribution in [2.24, 2.45) is 5.84 Å². The molecule has 2 aromatic carbocycles. The summed E-state index contributed by atoms with van der Waals surface area (Å²) in [6.45, 7) is 0.202. The van der Waals surface area contributed by atoms with Crippen LogP contribution in [0.5, 0.6) is 0 Å². The van der Waals surface area contributed by atoms with E-state index >= 15 is 0 Å². The van der Waals surface area contributed by atoms with Crippen LogP contribution >= 0.6 is 0 Å². The molecule has 1 amide bonds. The van der Waals surface area contributed by atoms with Crippen molar-refractivity contribution in [3.63, 3.8) is 0 Å². The highest BCUT2D eigenvalue weighted by atomic mass is 16.2. The molecule has 0 aliphatic heterocycles. The predicted molar refractivity (Wildman–Crippen MR) is 78.9 cm³/mol. The van der Waals surface area contributed by atoms with Crippen LogP contribution < -0.4 is 11.3 Å². The number of aliphatic hydroxyl groups is 1. The minimum Gasteiger partial charge on any atom is -0.396 e. The van der Waals surface area contributed by atoms with E-state index in [0.717, 1.165) is 24.0 Å². The van der Waals surface area contributed by atoms with Gasteiger partial charge in [-0.2, -0.15) is 0 Å². The third-order valence-corrected chi connectivity index (χ3v) is 3.16. The number of hydrogen-bond donors (Lipinski definition) is 3. The fraction of sp³-hybridized carbons (Fsp3) is 0.188. The number of nitrogens with one attached hydrogen (secondary N) is 1. The lowest BCUT2D eigenvalue weighted by atomic mass is 10.00. The molecule has 4 heteroatoms. The molecule has 2 rings (SSSR count). The maximum atomic E-state index is 11.4. The van der Waals surface area contributed by atoms with Crippen LogP contribution in [0.3, 0.4) is 0 Å². The molecular weight excluding hydrogens is 252 g/mol. The van der Waals surface area contributed by atoms with E-state index in [2.05, 4.69) is 17.6 Å². The molecule has 0 radical (unpaired) electrons. The lowest BCUT2D eigenvalue weighted by Gasteiger charge is -2.06. The Balaban J connectivity index is 2.20. The lowest BCUT2D eigenvalue weighted by molar-refractivity contribution is 0.0953. The van der Waals surface area contributed by atoms with Crippen molar-refractivity contribution in [2.45, 2.75) is 12.8 Å². The van der Waals surface area contributed by atoms with E-state index in [-0.39, 0.29) is 12.5 Å². The predicted octanol–water partition coefficient (Wildman–Crippen LogP) is 1.88. The van der Waals surface area contributed by atoms with Gasteiger partial charge < -0.3 is 5.11 Å². The van der Waals surface area contributed by atoms with Crippen molar-refractivity contribution in [1.82, 2.24) is 5.43 Å². The molecule has 0 aromatic heterocycles. The van der Waals surface area contributed by atoms with Crippen molar-refractivity contribution in [3.8, 4) is 11.1 Å². The molecule has 0 aliphatic carbocycles. The largest absolute Gasteiger partial charge is 0.396 e. The zero-order chi connectivity index (χ0) is 14.4. The summed E-state index contributed by atoms with van der Waals surface area (Å²) in [6, 6.07) is 15.5. The van der Waals surface area contributed by atoms with E-state index in [1.807, 2.05) is 24.3 Å². The number of carbonyl (C=O) groups excluding carboxylic acids is 1. The Hall–Kier alpha value is -2.17. The van der Waals surface area contributed by atoms with Gasteiger partial charge in [-0.1, -0.05) is 36.4 Å². The first kappa shape index (κ1) is 14.2. The van der Waals surface area contributed by atoms with Crippen LogP contribution in [0.25, 0.3) is 11.1 Å². The molecule has 0 fully saturated rings. The molecule has 4 nitrogen and oxygen atoms in total. The molecule has 0 aliphatic rings. The molecule has 104 valence electrons. The van der Waals surface area contributed by atoms with Crippen LogP contribution in [0.4, 0.5) is 0 Å². The molecule has 0 spiro atoms. The first-order chi connectivity index (χ1) is 9.74. The van der Waals surface area contributed by atoms with Crippen molar-refractivity contribution in [1.29, 1.82) is 0 Å². The summed E-state index contributed by atoms with van der Waals surface area (Å²) in [5.74, 6) is 4.80. The molecule has 0 atom stereocenters. The smallest absolute Gasteiger partial charge is 0.265 e. The van der Waals surface area contributed by atoms with Gasteiger partial charge in [0.05, 0.1) is 0 Å². The molecule has 0 heterocycles. The van der Waals surface area contributed by atoms with Gasteiger partial charge in [0.25, 0.3) is 5.91 Å². The topological polar surface area (TPSA) is 75.3 Å². The van der Waals surface area contributed by atoms with Crippen LogP contribution in [-0.4, -0.2) is 17.6 Å². The first-order valence-electron chi connectivity index (χ1n) is 6.56. The Labute approximate surface area is 118 Å². The lowest BCUT2D eigenvalue weighted by Crippen LogP contribution is -2.29. The molecular formula is C16H18N2O2. The normalized spacial score (nSPS) is 10.3. The maximum absolute atomic E-state index is 11.4. The van der Waals surface area contributed by atoms with Crippen molar-refractivity contribution < 1.29 is 9.90 Å². The number of amides is 1. The van der Waals surface area contributed by atoms with E-state index in [9.17, 15) is 4.79 Å². The van der Waals surface area contributed by atoms with Crippen molar-refractivity contribution in [3.05, 3.63) is 59.7 Å². The van der Waals surface area contributed by atoms with Gasteiger partial charge in [-0.05, 0) is 41.7 Å². The van der Waals surface area contributed by atoms with Crippen LogP contribution in [-0.2, 0) is 6.42 Å². The minimum atomic E-state index is -0.298. The van der Waals surface area contributed by atoms with Gasteiger partial charge in [0.1, 0.15) is 0 Å². The number of hydrogen-bond acceptors (Lipinski definition) is 3. The Morgan fingerprint density at radius 2 is 1.85 bits per heavy atom. The molecule has 20 heavy (non-hydrogen) atoms. The van der Waals surface area contributed by atoms with Gasteiger partial charge in [-0.15, -0.1) is 0 Å². The van der Waals surface area contributed by atoms with E-state index in [4.69, 9.17) is 10.9 Å². The molecule has 0 bridgehead atoms. The highest BCUT2D eigenvalue weighted by Crippen LogP contribution is 2.21. The third-order valence-electron chi connectivity index (χ3n) is 3.16. The molecule has 0 saturated carbocycles. The summed E-state index contributed by atoms with van der Waals surface area (Å²) in [7, 11) is 0. The van der Waals surface area contributed by atoms with E-state index < -0.39 is 0 Å². The van der Waals surface area contributed by atoms with Gasteiger partial charge in [0.2, 0.25) is 0 Å². The number of carbonyl (C=O) groups is 1. The van der Waals surface area contributed by atoms with Crippen LogP contribution in [0.15, 0.2) is 48.5 Å². The zero-order valence-electron chi connectivity index (χ0n) is 11.2. The zero-order valence-corrected chi connectivity index (χ0v) is 11.2. The SMILES string of the molecule is NNC(=O)c1ccc(-c2cccc(CCCO)c2)cc1. The monoisotopic (exact) mass is 270 g/mol. The summed E-state index contributed by atoms with van der Waals surface area (Å²) >= 11 is 0. The molecule has 0 unspecified atom stereocenters. The first-order valence-corrected chi connectivity index (χ1v) is 6.56. The number of nitrogen functional groups attached to an aromatic ring is 1. The Bertz CT molecular complexity index is 579. The van der Waals surface area contributed by atoms with Crippen LogP contribution in [0.2, 0.25) is 0 Å². The quantitative estimate of drug-likeness (QED) is 0.441. The average Bonchev–Trinajstić information content (AvgIpc) is 2.52. The molecule has 0 saturated heterocycles. The summed E-state index contributed by atoms with van der Waals surface area (Å²) in [6.07, 6.45) is 1.62. The van der Waals surface area contributed by atoms with Gasteiger partial charge >= 0.3 is 0 Å². The second kappa shape index (κ2) is 6.84. The average molecular weight is 270 g/mol. The fourth-order valence-electron chi connectivity index (χ4n) is 2.09. The number of hydrazine groups is 1. The highest BCUT2D eigenvalue weighted by molar-refractivity contribution is 5.94. The second-order valence-electron chi connectivity index (χ2n) is 4.58. The minimum absolute atomic E-state index is 0.202. The standard InChI is InChI=1S/C16H18N2O2/c17-18-16(20)14-8-6-13(7-9-14)15-5-1-3-12(11-15)4-2-10-19/h1,3,5-9,11,19H,2,4,10,17H2,(H,18,20). The van der Waals surface area contributed by atoms with Gasteiger partial charge in [-0.3, -0.25) is 10.2 Å². The Kier molecular flexibility index (Phi) is 4.87. The second-order valence-corrected chi connectivity index (χ2v) is 4.58. The van der Waals surface area contributed by atoms with Gasteiger partial charge in [-0.25, -0.2) is 5.84 Å². The fourth-order valence-corrected chi connectivity index (χ4v) is 2.09. The number of rotatable bonds is 5. The van der Waals surface area contributed by atoms with E-state index in [1.165, 1.54) is 5.56 Å². The third kappa shape index (κ3) is 3.44. The summed E-state index contributed by atoms with van der Waals surface area (Å²) in [5.41, 5.74) is 5.98. The number of aliphatic hydroxyl groups excluding tert-OH is 1. The van der Waals surface area contributed by atoms with Crippen LogP contribution in [0.1, 0.15) is 22.3 Å². The van der Waals surface area contributed by atoms with Crippen LogP contribution in [0, 0.1) is 0 Å². The number of benzene rings is 2. The summed E-state index contributed by atoms with van der Waals surface area (Å²) in [4.78, 5) is 11.4. The maximum Gasteiger partial charge on any atom is 0.265 e. The van der Waals surface area contributed by atoms with Crippen molar-refractivity contribution >= 4 is 5.91 Å². The Morgan fingerprint density at radius 3 is 2.50 bits per heavy atom. The summed E-state index contributed by atoms with van der Waals surface area (Å²) in [5, 5.41) is 8.87. The summed E-state index contributed by atoms with van der Waals surface area (Å²) < 4.78 is 0. The molecule has 2 aromatic rings. The molecule has 4 N–H and O–H groups in total. The van der Waals surface area contributed by atoms with Gasteiger partial charge in [0, 0.05) is 12.2 Å². The number of nitrogens with two attached hydrogens (primary N) is 1. The van der Waals surface area contributed by atoms with Crippen molar-refractivity contribution in [2.75, 3.05) is 6.61 Å².